The lowest BCUT2D eigenvalue weighted by molar-refractivity contribution is -0.115. The van der Waals surface area contributed by atoms with Gasteiger partial charge in [0.1, 0.15) is 11.5 Å². The van der Waals surface area contributed by atoms with E-state index in [2.05, 4.69) is 16.0 Å². The molecule has 0 fully saturated rings. The minimum Gasteiger partial charge on any atom is -0.325 e. The van der Waals surface area contributed by atoms with E-state index in [0.29, 0.717) is 27.5 Å². The van der Waals surface area contributed by atoms with Crippen LogP contribution in [0.2, 0.25) is 10.0 Å². The van der Waals surface area contributed by atoms with E-state index in [-0.39, 0.29) is 16.6 Å². The van der Waals surface area contributed by atoms with Gasteiger partial charge >= 0.3 is 0 Å². The molecular formula is C31H24Cl2FN3O3S. The SMILES string of the molecule is CC(Sc1cccc(NC(=O)/C(=C/c2ccc(Cl)cc2)NC(=O)c2ccccc2)c1)C(=O)Nc1ccc(F)c(Cl)c1. The van der Waals surface area contributed by atoms with Crippen LogP contribution < -0.4 is 16.0 Å². The van der Waals surface area contributed by atoms with Gasteiger partial charge in [0.05, 0.1) is 10.3 Å². The number of hydrogen-bond acceptors (Lipinski definition) is 4. The molecule has 0 saturated heterocycles. The molecule has 0 aromatic heterocycles. The number of thioether (sulfide) groups is 1. The molecule has 6 nitrogen and oxygen atoms in total. The third-order valence-corrected chi connectivity index (χ3v) is 7.31. The number of carbonyl (C=O) groups is 3. The third kappa shape index (κ3) is 8.69. The molecule has 0 spiro atoms. The van der Waals surface area contributed by atoms with E-state index in [9.17, 15) is 18.8 Å². The fraction of sp³-hybridized carbons (Fsp3) is 0.0645. The summed E-state index contributed by atoms with van der Waals surface area (Å²) >= 11 is 13.1. The smallest absolute Gasteiger partial charge is 0.272 e. The zero-order valence-corrected chi connectivity index (χ0v) is 24.0. The van der Waals surface area contributed by atoms with Crippen LogP contribution in [-0.2, 0) is 9.59 Å². The van der Waals surface area contributed by atoms with Gasteiger partial charge in [-0.3, -0.25) is 14.4 Å². The molecule has 0 aliphatic heterocycles. The zero-order chi connectivity index (χ0) is 29.4. The quantitative estimate of drug-likeness (QED) is 0.135. The Morgan fingerprint density at radius 2 is 1.54 bits per heavy atom. The highest BCUT2D eigenvalue weighted by molar-refractivity contribution is 8.00. The van der Waals surface area contributed by atoms with Gasteiger partial charge in [0.25, 0.3) is 11.8 Å². The molecule has 4 aromatic rings. The lowest BCUT2D eigenvalue weighted by Crippen LogP contribution is -2.30. The average molecular weight is 609 g/mol. The largest absolute Gasteiger partial charge is 0.325 e. The Hall–Kier alpha value is -4.11. The number of carbonyl (C=O) groups excluding carboxylic acids is 3. The first-order chi connectivity index (χ1) is 19.7. The van der Waals surface area contributed by atoms with Gasteiger partial charge in [-0.05, 0) is 79.2 Å². The Morgan fingerprint density at radius 1 is 0.829 bits per heavy atom. The number of rotatable bonds is 9. The Bertz CT molecular complexity index is 1600. The van der Waals surface area contributed by atoms with Gasteiger partial charge in [0.15, 0.2) is 0 Å². The molecule has 0 radical (unpaired) electrons. The summed E-state index contributed by atoms with van der Waals surface area (Å²) in [5.41, 5.74) is 1.95. The van der Waals surface area contributed by atoms with Crippen molar-refractivity contribution in [2.75, 3.05) is 10.6 Å². The van der Waals surface area contributed by atoms with Crippen molar-refractivity contribution in [3.05, 3.63) is 130 Å². The highest BCUT2D eigenvalue weighted by Gasteiger charge is 2.18. The van der Waals surface area contributed by atoms with Crippen LogP contribution in [0, 0.1) is 5.82 Å². The fourth-order valence-electron chi connectivity index (χ4n) is 3.59. The fourth-order valence-corrected chi connectivity index (χ4v) is 4.82. The maximum atomic E-state index is 13.4. The molecule has 3 amide bonds. The molecule has 1 atom stereocenters. The zero-order valence-electron chi connectivity index (χ0n) is 21.7. The number of halogens is 3. The molecule has 3 N–H and O–H groups in total. The number of hydrogen-bond donors (Lipinski definition) is 3. The molecule has 0 aliphatic rings. The maximum absolute atomic E-state index is 13.4. The first kappa shape index (κ1) is 29.9. The predicted octanol–water partition coefficient (Wildman–Crippen LogP) is 7.66. The van der Waals surface area contributed by atoms with Crippen molar-refractivity contribution >= 4 is 70.1 Å². The summed E-state index contributed by atoms with van der Waals surface area (Å²) < 4.78 is 13.4. The Balaban J connectivity index is 1.47. The molecule has 0 bridgehead atoms. The normalized spacial score (nSPS) is 11.9. The minimum atomic E-state index is -0.572. The number of amides is 3. The van der Waals surface area contributed by atoms with Crippen molar-refractivity contribution < 1.29 is 18.8 Å². The van der Waals surface area contributed by atoms with Crippen molar-refractivity contribution in [1.82, 2.24) is 5.32 Å². The second kappa shape index (κ2) is 14.0. The van der Waals surface area contributed by atoms with Crippen LogP contribution in [0.5, 0.6) is 0 Å². The topological polar surface area (TPSA) is 87.3 Å². The Labute approximate surface area is 250 Å². The lowest BCUT2D eigenvalue weighted by Gasteiger charge is -2.14. The monoisotopic (exact) mass is 607 g/mol. The van der Waals surface area contributed by atoms with Gasteiger partial charge in [-0.15, -0.1) is 11.8 Å². The van der Waals surface area contributed by atoms with Crippen molar-refractivity contribution in [1.29, 1.82) is 0 Å². The summed E-state index contributed by atoms with van der Waals surface area (Å²) in [6.07, 6.45) is 1.55. The van der Waals surface area contributed by atoms with E-state index in [0.717, 1.165) is 4.90 Å². The van der Waals surface area contributed by atoms with Crippen LogP contribution in [-0.4, -0.2) is 23.0 Å². The number of benzene rings is 4. The van der Waals surface area contributed by atoms with E-state index < -0.39 is 22.9 Å². The molecule has 0 aliphatic carbocycles. The van der Waals surface area contributed by atoms with Gasteiger partial charge in [0.2, 0.25) is 5.91 Å². The molecule has 1 unspecified atom stereocenters. The number of nitrogens with one attached hydrogen (secondary N) is 3. The molecule has 41 heavy (non-hydrogen) atoms. The molecule has 4 rings (SSSR count). The molecule has 0 heterocycles. The lowest BCUT2D eigenvalue weighted by atomic mass is 10.1. The summed E-state index contributed by atoms with van der Waals surface area (Å²) in [6.45, 7) is 1.72. The standard InChI is InChI=1S/C31H24Cl2FN3O3S/c1-19(29(38)35-24-14-15-27(34)26(33)18-24)41-25-9-5-8-23(17-25)36-31(40)28(16-20-10-12-22(32)13-11-20)37-30(39)21-6-3-2-4-7-21/h2-19H,1H3,(H,35,38)(H,36,40)(H,37,39)/b28-16-. The van der Waals surface area contributed by atoms with E-state index in [1.54, 1.807) is 91.9 Å². The van der Waals surface area contributed by atoms with Gasteiger partial charge in [0, 0.05) is 26.9 Å². The van der Waals surface area contributed by atoms with Crippen molar-refractivity contribution in [2.24, 2.45) is 0 Å². The Kier molecular flexibility index (Phi) is 10.2. The van der Waals surface area contributed by atoms with E-state index in [4.69, 9.17) is 23.2 Å². The van der Waals surface area contributed by atoms with E-state index in [1.165, 1.54) is 30.0 Å². The summed E-state index contributed by atoms with van der Waals surface area (Å²) in [5, 5.41) is 8.16. The van der Waals surface area contributed by atoms with Gasteiger partial charge < -0.3 is 16.0 Å². The third-order valence-electron chi connectivity index (χ3n) is 5.67. The van der Waals surface area contributed by atoms with Crippen LogP contribution in [0.15, 0.2) is 108 Å². The van der Waals surface area contributed by atoms with Crippen molar-refractivity contribution in [3.8, 4) is 0 Å². The number of anilines is 2. The predicted molar refractivity (Wildman–Crippen MR) is 164 cm³/mol. The second-order valence-electron chi connectivity index (χ2n) is 8.79. The summed E-state index contributed by atoms with van der Waals surface area (Å²) in [5.74, 6) is -1.85. The molecule has 0 saturated carbocycles. The highest BCUT2D eigenvalue weighted by atomic mass is 35.5. The van der Waals surface area contributed by atoms with Crippen LogP contribution in [0.1, 0.15) is 22.8 Å². The van der Waals surface area contributed by atoms with Crippen LogP contribution >= 0.6 is 35.0 Å². The van der Waals surface area contributed by atoms with Crippen LogP contribution in [0.4, 0.5) is 15.8 Å². The molecule has 208 valence electrons. The maximum Gasteiger partial charge on any atom is 0.272 e. The van der Waals surface area contributed by atoms with Crippen molar-refractivity contribution in [3.63, 3.8) is 0 Å². The van der Waals surface area contributed by atoms with Gasteiger partial charge in [-0.1, -0.05) is 59.6 Å². The van der Waals surface area contributed by atoms with Crippen LogP contribution in [0.25, 0.3) is 6.08 Å². The summed E-state index contributed by atoms with van der Waals surface area (Å²) in [7, 11) is 0. The summed E-state index contributed by atoms with van der Waals surface area (Å²) in [6, 6.07) is 26.3. The van der Waals surface area contributed by atoms with Crippen molar-refractivity contribution in [2.45, 2.75) is 17.1 Å². The summed E-state index contributed by atoms with van der Waals surface area (Å²) in [4.78, 5) is 39.6. The molecule has 10 heteroatoms. The Morgan fingerprint density at radius 3 is 2.24 bits per heavy atom. The van der Waals surface area contributed by atoms with Gasteiger partial charge in [-0.2, -0.15) is 0 Å². The first-order valence-corrected chi connectivity index (χ1v) is 14.0. The average Bonchev–Trinajstić information content (AvgIpc) is 2.96. The van der Waals surface area contributed by atoms with Gasteiger partial charge in [-0.25, -0.2) is 4.39 Å². The highest BCUT2D eigenvalue weighted by Crippen LogP contribution is 2.27. The van der Waals surface area contributed by atoms with E-state index in [1.807, 2.05) is 0 Å². The first-order valence-electron chi connectivity index (χ1n) is 12.4. The van der Waals surface area contributed by atoms with Crippen LogP contribution in [0.3, 0.4) is 0 Å². The molecule has 4 aromatic carbocycles. The van der Waals surface area contributed by atoms with E-state index >= 15 is 0 Å². The minimum absolute atomic E-state index is 0.0323. The molecular weight excluding hydrogens is 584 g/mol. The second-order valence-corrected chi connectivity index (χ2v) is 11.0.